The third kappa shape index (κ3) is 7.65. The molecule has 1 aliphatic carbocycles. The van der Waals surface area contributed by atoms with E-state index in [1.54, 1.807) is 11.3 Å². The average Bonchev–Trinajstić information content (AvgIpc) is 3.15. The van der Waals surface area contributed by atoms with Crippen LogP contribution < -0.4 is 10.6 Å². The molecule has 0 saturated heterocycles. The number of nitrogens with one attached hydrogen (secondary N) is 2. The van der Waals surface area contributed by atoms with Gasteiger partial charge in [0.25, 0.3) is 0 Å². The van der Waals surface area contributed by atoms with E-state index in [9.17, 15) is 0 Å². The van der Waals surface area contributed by atoms with E-state index in [1.807, 2.05) is 6.92 Å². The first-order chi connectivity index (χ1) is 11.2. The van der Waals surface area contributed by atoms with E-state index in [0.717, 1.165) is 42.8 Å². The summed E-state index contributed by atoms with van der Waals surface area (Å²) >= 11 is 1.73. The van der Waals surface area contributed by atoms with Crippen molar-refractivity contribution < 1.29 is 4.74 Å². The second-order valence-corrected chi connectivity index (χ2v) is 7.29. The van der Waals surface area contributed by atoms with E-state index >= 15 is 0 Å². The molecule has 1 aromatic heterocycles. The van der Waals surface area contributed by atoms with Crippen LogP contribution in [0.5, 0.6) is 0 Å². The van der Waals surface area contributed by atoms with Crippen LogP contribution in [0.4, 0.5) is 0 Å². The molecule has 5 nitrogen and oxygen atoms in total. The highest BCUT2D eigenvalue weighted by Gasteiger charge is 2.14. The summed E-state index contributed by atoms with van der Waals surface area (Å²) in [5, 5.41) is 7.73. The molecule has 1 saturated carbocycles. The second kappa shape index (κ2) is 12.0. The molecule has 0 amide bonds. The van der Waals surface area contributed by atoms with Crippen LogP contribution in [0.1, 0.15) is 54.6 Å². The maximum Gasteiger partial charge on any atom is 0.191 e. The first-order valence-electron chi connectivity index (χ1n) is 8.75. The van der Waals surface area contributed by atoms with Gasteiger partial charge in [-0.1, -0.05) is 12.8 Å². The smallest absolute Gasteiger partial charge is 0.191 e. The van der Waals surface area contributed by atoms with Crippen molar-refractivity contribution in [2.24, 2.45) is 4.99 Å². The molecule has 1 heterocycles. The first kappa shape index (κ1) is 21.6. The lowest BCUT2D eigenvalue weighted by Gasteiger charge is -2.13. The summed E-state index contributed by atoms with van der Waals surface area (Å²) in [5.74, 6) is 0.860. The molecule has 0 spiro atoms. The van der Waals surface area contributed by atoms with Gasteiger partial charge in [-0.05, 0) is 40.0 Å². The van der Waals surface area contributed by atoms with Gasteiger partial charge in [-0.2, -0.15) is 0 Å². The minimum atomic E-state index is 0. The van der Waals surface area contributed by atoms with Crippen LogP contribution in [0.3, 0.4) is 0 Å². The number of aromatic nitrogens is 1. The Bertz CT molecular complexity index is 481. The van der Waals surface area contributed by atoms with Crippen molar-refractivity contribution in [1.82, 2.24) is 15.6 Å². The van der Waals surface area contributed by atoms with Gasteiger partial charge in [0.15, 0.2) is 5.96 Å². The van der Waals surface area contributed by atoms with Crippen molar-refractivity contribution in [3.63, 3.8) is 0 Å². The Morgan fingerprint density at radius 3 is 2.67 bits per heavy atom. The van der Waals surface area contributed by atoms with Crippen LogP contribution in [-0.4, -0.2) is 36.7 Å². The quantitative estimate of drug-likeness (QED) is 0.265. The highest BCUT2D eigenvalue weighted by atomic mass is 127. The van der Waals surface area contributed by atoms with Crippen molar-refractivity contribution in [1.29, 1.82) is 0 Å². The molecule has 138 valence electrons. The second-order valence-electron chi connectivity index (χ2n) is 6.00. The zero-order valence-electron chi connectivity index (χ0n) is 15.1. The van der Waals surface area contributed by atoms with Crippen LogP contribution in [0.2, 0.25) is 0 Å². The molecule has 1 fully saturated rings. The van der Waals surface area contributed by atoms with E-state index in [0.29, 0.717) is 12.6 Å². The fourth-order valence-corrected chi connectivity index (χ4v) is 3.54. The minimum Gasteiger partial charge on any atom is -0.378 e. The Balaban J connectivity index is 0.00000288. The third-order valence-corrected chi connectivity index (χ3v) is 5.12. The van der Waals surface area contributed by atoms with Gasteiger partial charge in [0, 0.05) is 24.6 Å². The molecule has 2 N–H and O–H groups in total. The van der Waals surface area contributed by atoms with E-state index in [4.69, 9.17) is 4.74 Å². The van der Waals surface area contributed by atoms with Crippen LogP contribution in [0.15, 0.2) is 4.99 Å². The molecule has 0 aromatic carbocycles. The molecule has 0 radical (unpaired) electrons. The van der Waals surface area contributed by atoms with E-state index in [-0.39, 0.29) is 24.0 Å². The standard InChI is InChI=1S/C17H30N4OS.HI/c1-4-18-17(20-12-16-21-13(2)14(3)23-16)19-10-7-11-22-15-8-5-6-9-15;/h15H,4-12H2,1-3H3,(H2,18,19,20);1H. The topological polar surface area (TPSA) is 58.5 Å². The average molecular weight is 466 g/mol. The molecule has 0 unspecified atom stereocenters. The lowest BCUT2D eigenvalue weighted by atomic mass is 10.3. The Morgan fingerprint density at radius 2 is 2.04 bits per heavy atom. The molecule has 0 bridgehead atoms. The summed E-state index contributed by atoms with van der Waals surface area (Å²) in [5.41, 5.74) is 1.11. The van der Waals surface area contributed by atoms with Gasteiger partial charge >= 0.3 is 0 Å². The van der Waals surface area contributed by atoms with E-state index in [2.05, 4.69) is 34.5 Å². The Hall–Kier alpha value is -0.410. The largest absolute Gasteiger partial charge is 0.378 e. The predicted octanol–water partition coefficient (Wildman–Crippen LogP) is 3.78. The number of ether oxygens (including phenoxy) is 1. The van der Waals surface area contributed by atoms with Gasteiger partial charge < -0.3 is 15.4 Å². The number of rotatable bonds is 8. The maximum atomic E-state index is 5.88. The summed E-state index contributed by atoms with van der Waals surface area (Å²) in [7, 11) is 0. The van der Waals surface area contributed by atoms with Gasteiger partial charge in [0.05, 0.1) is 18.3 Å². The summed E-state index contributed by atoms with van der Waals surface area (Å²) in [6, 6.07) is 0. The molecule has 7 heteroatoms. The van der Waals surface area contributed by atoms with Gasteiger partial charge in [-0.25, -0.2) is 9.98 Å². The summed E-state index contributed by atoms with van der Waals surface area (Å²) < 4.78 is 5.88. The Labute approximate surface area is 167 Å². The number of hydrogen-bond donors (Lipinski definition) is 2. The highest BCUT2D eigenvalue weighted by molar-refractivity contribution is 14.0. The van der Waals surface area contributed by atoms with Crippen molar-refractivity contribution in [3.8, 4) is 0 Å². The third-order valence-electron chi connectivity index (χ3n) is 4.06. The zero-order valence-corrected chi connectivity index (χ0v) is 18.2. The molecular formula is C17H31IN4OS. The minimum absolute atomic E-state index is 0. The summed E-state index contributed by atoms with van der Waals surface area (Å²) in [6.45, 7) is 9.45. The van der Waals surface area contributed by atoms with E-state index in [1.165, 1.54) is 30.6 Å². The fraction of sp³-hybridized carbons (Fsp3) is 0.765. The van der Waals surface area contributed by atoms with Crippen LogP contribution in [0, 0.1) is 13.8 Å². The number of guanidine groups is 1. The molecule has 0 aliphatic heterocycles. The van der Waals surface area contributed by atoms with Crippen molar-refractivity contribution in [2.75, 3.05) is 19.7 Å². The van der Waals surface area contributed by atoms with Crippen LogP contribution in [0.25, 0.3) is 0 Å². The van der Waals surface area contributed by atoms with Crippen LogP contribution in [-0.2, 0) is 11.3 Å². The van der Waals surface area contributed by atoms with Gasteiger partial charge in [-0.15, -0.1) is 35.3 Å². The maximum absolute atomic E-state index is 5.88. The number of nitrogens with zero attached hydrogens (tertiary/aromatic N) is 2. The Kier molecular flexibility index (Phi) is 10.8. The number of halogens is 1. The zero-order chi connectivity index (χ0) is 16.5. The lowest BCUT2D eigenvalue weighted by molar-refractivity contribution is 0.0574. The SMILES string of the molecule is CCNC(=NCc1nc(C)c(C)s1)NCCCOC1CCCC1.I. The lowest BCUT2D eigenvalue weighted by Crippen LogP contribution is -2.38. The van der Waals surface area contributed by atoms with Crippen LogP contribution >= 0.6 is 35.3 Å². The van der Waals surface area contributed by atoms with Gasteiger partial charge in [0.1, 0.15) is 5.01 Å². The first-order valence-corrected chi connectivity index (χ1v) is 9.57. The normalized spacial score (nSPS) is 15.4. The molecule has 24 heavy (non-hydrogen) atoms. The summed E-state index contributed by atoms with van der Waals surface area (Å²) in [6.07, 6.45) is 6.66. The monoisotopic (exact) mass is 466 g/mol. The molecule has 1 aromatic rings. The number of aliphatic imine (C=N–C) groups is 1. The number of aryl methyl sites for hydroxylation is 2. The molecule has 2 rings (SSSR count). The van der Waals surface area contributed by atoms with Crippen molar-refractivity contribution in [2.45, 2.75) is 65.5 Å². The highest BCUT2D eigenvalue weighted by Crippen LogP contribution is 2.20. The van der Waals surface area contributed by atoms with Crippen molar-refractivity contribution >= 4 is 41.3 Å². The predicted molar refractivity (Wildman–Crippen MR) is 113 cm³/mol. The number of thiazole rings is 1. The molecule has 1 aliphatic rings. The van der Waals surface area contributed by atoms with Gasteiger partial charge in [0.2, 0.25) is 0 Å². The fourth-order valence-electron chi connectivity index (χ4n) is 2.68. The van der Waals surface area contributed by atoms with Gasteiger partial charge in [-0.3, -0.25) is 0 Å². The molecule has 0 atom stereocenters. The van der Waals surface area contributed by atoms with Crippen molar-refractivity contribution in [3.05, 3.63) is 15.6 Å². The number of hydrogen-bond acceptors (Lipinski definition) is 4. The molecular weight excluding hydrogens is 435 g/mol. The summed E-state index contributed by atoms with van der Waals surface area (Å²) in [4.78, 5) is 10.4. The Morgan fingerprint density at radius 1 is 1.29 bits per heavy atom. The van der Waals surface area contributed by atoms with E-state index < -0.39 is 0 Å².